The van der Waals surface area contributed by atoms with Gasteiger partial charge in [0.25, 0.3) is 5.91 Å². The minimum Gasteiger partial charge on any atom is -0.493 e. The second-order valence-corrected chi connectivity index (χ2v) is 5.15. The first-order valence-corrected chi connectivity index (χ1v) is 6.94. The fourth-order valence-electron chi connectivity index (χ4n) is 1.83. The van der Waals surface area contributed by atoms with E-state index in [1.165, 1.54) is 11.3 Å². The lowest BCUT2D eigenvalue weighted by Crippen LogP contribution is -2.23. The highest BCUT2D eigenvalue weighted by atomic mass is 32.1. The van der Waals surface area contributed by atoms with Gasteiger partial charge in [0.15, 0.2) is 11.5 Å². The molecule has 0 saturated carbocycles. The van der Waals surface area contributed by atoms with Gasteiger partial charge in [-0.25, -0.2) is 4.98 Å². The van der Waals surface area contributed by atoms with Crippen molar-refractivity contribution in [2.24, 2.45) is 0 Å². The highest BCUT2D eigenvalue weighted by Crippen LogP contribution is 2.30. The number of carbonyl (C=O) groups is 1. The van der Waals surface area contributed by atoms with Crippen LogP contribution in [0.3, 0.4) is 0 Å². The number of para-hydroxylation sites is 1. The van der Waals surface area contributed by atoms with Gasteiger partial charge in [0.2, 0.25) is 0 Å². The van der Waals surface area contributed by atoms with E-state index in [1.54, 1.807) is 19.6 Å². The Balaban J connectivity index is 2.09. The Hall–Kier alpha value is -2.08. The van der Waals surface area contributed by atoms with E-state index in [0.29, 0.717) is 23.7 Å². The third-order valence-electron chi connectivity index (χ3n) is 2.78. The summed E-state index contributed by atoms with van der Waals surface area (Å²) in [4.78, 5) is 16.1. The predicted molar refractivity (Wildman–Crippen MR) is 77.6 cm³/mol. The number of aromatic nitrogens is 1. The van der Waals surface area contributed by atoms with Crippen molar-refractivity contribution in [3.63, 3.8) is 0 Å². The van der Waals surface area contributed by atoms with Crippen LogP contribution in [0.1, 0.15) is 21.1 Å². The molecule has 0 bridgehead atoms. The first kappa shape index (κ1) is 14.3. The number of aryl methyl sites for hydroxylation is 1. The minimum absolute atomic E-state index is 0.195. The zero-order valence-corrected chi connectivity index (χ0v) is 12.4. The van der Waals surface area contributed by atoms with E-state index >= 15 is 0 Å². The van der Waals surface area contributed by atoms with Crippen LogP contribution in [0.5, 0.6) is 11.5 Å². The topological polar surface area (TPSA) is 60.5 Å². The van der Waals surface area contributed by atoms with Crippen LogP contribution in [0.25, 0.3) is 0 Å². The van der Waals surface area contributed by atoms with E-state index in [4.69, 9.17) is 9.47 Å². The van der Waals surface area contributed by atoms with Gasteiger partial charge in [0.1, 0.15) is 5.69 Å². The number of ether oxygens (including phenoxy) is 2. The molecule has 6 heteroatoms. The van der Waals surface area contributed by atoms with Crippen molar-refractivity contribution in [1.82, 2.24) is 10.3 Å². The van der Waals surface area contributed by atoms with Crippen LogP contribution in [-0.2, 0) is 6.54 Å². The van der Waals surface area contributed by atoms with E-state index < -0.39 is 0 Å². The fourth-order valence-corrected chi connectivity index (χ4v) is 2.42. The number of nitrogens with zero attached hydrogens (tertiary/aromatic N) is 1. The van der Waals surface area contributed by atoms with E-state index in [1.807, 2.05) is 25.1 Å². The van der Waals surface area contributed by atoms with E-state index in [2.05, 4.69) is 10.3 Å². The molecule has 0 fully saturated rings. The summed E-state index contributed by atoms with van der Waals surface area (Å²) < 4.78 is 10.5. The van der Waals surface area contributed by atoms with Gasteiger partial charge in [-0.05, 0) is 13.0 Å². The molecular weight excluding hydrogens is 276 g/mol. The first-order chi connectivity index (χ1) is 9.65. The molecule has 106 valence electrons. The number of thiazole rings is 1. The van der Waals surface area contributed by atoms with E-state index in [0.717, 1.165) is 10.6 Å². The summed E-state index contributed by atoms with van der Waals surface area (Å²) in [7, 11) is 3.16. The molecular formula is C14H16N2O3S. The number of rotatable bonds is 5. The molecule has 1 heterocycles. The molecule has 0 spiro atoms. The zero-order valence-electron chi connectivity index (χ0n) is 11.6. The molecule has 2 aromatic rings. The third-order valence-corrected chi connectivity index (χ3v) is 3.55. The van der Waals surface area contributed by atoms with Gasteiger partial charge in [-0.15, -0.1) is 11.3 Å². The average molecular weight is 292 g/mol. The van der Waals surface area contributed by atoms with Crippen LogP contribution >= 0.6 is 11.3 Å². The minimum atomic E-state index is -0.195. The highest BCUT2D eigenvalue weighted by molar-refractivity contribution is 7.09. The summed E-state index contributed by atoms with van der Waals surface area (Å²) in [6.45, 7) is 2.22. The Kier molecular flexibility index (Phi) is 4.57. The van der Waals surface area contributed by atoms with Crippen molar-refractivity contribution in [3.05, 3.63) is 39.8 Å². The molecule has 0 radical (unpaired) electrons. The van der Waals surface area contributed by atoms with Crippen LogP contribution in [-0.4, -0.2) is 25.1 Å². The van der Waals surface area contributed by atoms with Gasteiger partial charge in [0.05, 0.1) is 19.2 Å². The van der Waals surface area contributed by atoms with Crippen molar-refractivity contribution >= 4 is 17.2 Å². The van der Waals surface area contributed by atoms with Crippen molar-refractivity contribution in [1.29, 1.82) is 0 Å². The molecule has 5 nitrogen and oxygen atoms in total. The molecule has 1 amide bonds. The van der Waals surface area contributed by atoms with Crippen LogP contribution in [0.4, 0.5) is 0 Å². The molecule has 1 N–H and O–H groups in total. The standard InChI is InChI=1S/C14H16N2O3S/c1-9-16-11(8-20-9)14(17)15-7-10-5-4-6-12(18-2)13(10)19-3/h4-6,8H,7H2,1-3H3,(H,15,17). The number of benzene rings is 1. The average Bonchev–Trinajstić information content (AvgIpc) is 2.90. The molecule has 0 atom stereocenters. The summed E-state index contributed by atoms with van der Waals surface area (Å²) in [5, 5.41) is 5.44. The first-order valence-electron chi connectivity index (χ1n) is 6.06. The van der Waals surface area contributed by atoms with Crippen molar-refractivity contribution in [2.45, 2.75) is 13.5 Å². The summed E-state index contributed by atoms with van der Waals surface area (Å²) >= 11 is 1.45. The van der Waals surface area contributed by atoms with Crippen LogP contribution < -0.4 is 14.8 Å². The van der Waals surface area contributed by atoms with Gasteiger partial charge in [-0.2, -0.15) is 0 Å². The molecule has 0 aliphatic carbocycles. The zero-order chi connectivity index (χ0) is 14.5. The number of nitrogens with one attached hydrogen (secondary N) is 1. The normalized spacial score (nSPS) is 10.2. The highest BCUT2D eigenvalue weighted by Gasteiger charge is 2.12. The molecule has 0 aliphatic heterocycles. The van der Waals surface area contributed by atoms with Crippen LogP contribution in [0.2, 0.25) is 0 Å². The quantitative estimate of drug-likeness (QED) is 0.919. The van der Waals surface area contributed by atoms with Crippen LogP contribution in [0, 0.1) is 6.92 Å². The monoisotopic (exact) mass is 292 g/mol. The second-order valence-electron chi connectivity index (χ2n) is 4.09. The number of hydrogen-bond acceptors (Lipinski definition) is 5. The maximum Gasteiger partial charge on any atom is 0.271 e. The maximum atomic E-state index is 11.9. The van der Waals surface area contributed by atoms with Gasteiger partial charge < -0.3 is 14.8 Å². The van der Waals surface area contributed by atoms with Gasteiger partial charge in [-0.1, -0.05) is 12.1 Å². The maximum absolute atomic E-state index is 11.9. The predicted octanol–water partition coefficient (Wildman–Crippen LogP) is 2.40. The van der Waals surface area contributed by atoms with Crippen LogP contribution in [0.15, 0.2) is 23.6 Å². The van der Waals surface area contributed by atoms with Gasteiger partial charge in [0, 0.05) is 17.5 Å². The number of methoxy groups -OCH3 is 2. The van der Waals surface area contributed by atoms with Crippen molar-refractivity contribution in [3.8, 4) is 11.5 Å². The smallest absolute Gasteiger partial charge is 0.271 e. The second kappa shape index (κ2) is 6.38. The molecule has 2 rings (SSSR count). The molecule has 20 heavy (non-hydrogen) atoms. The fraction of sp³-hybridized carbons (Fsp3) is 0.286. The lowest BCUT2D eigenvalue weighted by Gasteiger charge is -2.12. The number of amides is 1. The largest absolute Gasteiger partial charge is 0.493 e. The summed E-state index contributed by atoms with van der Waals surface area (Å²) in [6.07, 6.45) is 0. The number of carbonyl (C=O) groups excluding carboxylic acids is 1. The number of hydrogen-bond donors (Lipinski definition) is 1. The SMILES string of the molecule is COc1cccc(CNC(=O)c2csc(C)n2)c1OC. The molecule has 0 unspecified atom stereocenters. The van der Waals surface area contributed by atoms with Crippen molar-refractivity contribution < 1.29 is 14.3 Å². The molecule has 1 aromatic heterocycles. The Labute approximate surface area is 121 Å². The summed E-state index contributed by atoms with van der Waals surface area (Å²) in [5.74, 6) is 1.08. The molecule has 0 saturated heterocycles. The van der Waals surface area contributed by atoms with Gasteiger partial charge >= 0.3 is 0 Å². The summed E-state index contributed by atoms with van der Waals surface area (Å²) in [5.41, 5.74) is 1.29. The Morgan fingerprint density at radius 2 is 2.15 bits per heavy atom. The Bertz CT molecular complexity index is 610. The van der Waals surface area contributed by atoms with Gasteiger partial charge in [-0.3, -0.25) is 4.79 Å². The Morgan fingerprint density at radius 3 is 2.75 bits per heavy atom. The van der Waals surface area contributed by atoms with E-state index in [9.17, 15) is 4.79 Å². The molecule has 0 aliphatic rings. The Morgan fingerprint density at radius 1 is 1.35 bits per heavy atom. The molecule has 1 aromatic carbocycles. The summed E-state index contributed by atoms with van der Waals surface area (Å²) in [6, 6.07) is 5.55. The third kappa shape index (κ3) is 3.08. The van der Waals surface area contributed by atoms with E-state index in [-0.39, 0.29) is 5.91 Å². The van der Waals surface area contributed by atoms with Crippen molar-refractivity contribution in [2.75, 3.05) is 14.2 Å². The lowest BCUT2D eigenvalue weighted by atomic mass is 10.2. The lowest BCUT2D eigenvalue weighted by molar-refractivity contribution is 0.0946.